The number of non-ortho nitro benzene ring substituents is 1. The van der Waals surface area contributed by atoms with E-state index in [0.717, 1.165) is 0 Å². The molecule has 2 aromatic carbocycles. The summed E-state index contributed by atoms with van der Waals surface area (Å²) >= 11 is 0. The van der Waals surface area contributed by atoms with Crippen molar-refractivity contribution in [1.82, 2.24) is 4.57 Å². The van der Waals surface area contributed by atoms with Gasteiger partial charge in [0.25, 0.3) is 17.2 Å². The zero-order valence-electron chi connectivity index (χ0n) is 20.4. The Labute approximate surface area is 212 Å². The fraction of sp³-hybridized carbons (Fsp3) is 0.259. The maximum atomic E-state index is 13.7. The van der Waals surface area contributed by atoms with Gasteiger partial charge in [-0.2, -0.15) is 0 Å². The number of aliphatic hydroxyl groups is 2. The minimum atomic E-state index is -2.03. The monoisotopic (exact) mass is 505 g/mol. The van der Waals surface area contributed by atoms with Gasteiger partial charge in [0, 0.05) is 42.1 Å². The van der Waals surface area contributed by atoms with Gasteiger partial charge in [0.1, 0.15) is 0 Å². The van der Waals surface area contributed by atoms with Crippen LogP contribution in [0.4, 0.5) is 11.4 Å². The van der Waals surface area contributed by atoms with E-state index in [1.807, 2.05) is 0 Å². The lowest BCUT2D eigenvalue weighted by Gasteiger charge is -2.27. The summed E-state index contributed by atoms with van der Waals surface area (Å²) in [6.07, 6.45) is 5.23. The molecule has 4 rings (SSSR count). The zero-order chi connectivity index (χ0) is 26.7. The van der Waals surface area contributed by atoms with Crippen LogP contribution in [-0.2, 0) is 16.9 Å². The predicted octanol–water partition coefficient (Wildman–Crippen LogP) is 3.06. The van der Waals surface area contributed by atoms with Crippen LogP contribution in [0.2, 0.25) is 0 Å². The Hall–Kier alpha value is -4.28. The number of pyridine rings is 1. The van der Waals surface area contributed by atoms with Crippen molar-refractivity contribution < 1.29 is 24.7 Å². The van der Waals surface area contributed by atoms with Crippen molar-refractivity contribution in [2.24, 2.45) is 5.92 Å². The summed E-state index contributed by atoms with van der Waals surface area (Å²) in [5, 5.41) is 32.2. The molecule has 1 aliphatic heterocycles. The molecule has 3 aromatic rings. The van der Waals surface area contributed by atoms with E-state index < -0.39 is 22.3 Å². The van der Waals surface area contributed by atoms with E-state index >= 15 is 0 Å². The van der Waals surface area contributed by atoms with E-state index in [9.17, 15) is 24.8 Å². The van der Waals surface area contributed by atoms with Gasteiger partial charge in [-0.05, 0) is 42.3 Å². The van der Waals surface area contributed by atoms with E-state index in [2.05, 4.69) is 0 Å². The van der Waals surface area contributed by atoms with Crippen LogP contribution < -0.4 is 15.2 Å². The second kappa shape index (κ2) is 10.4. The number of nitrogens with zero attached hydrogens (tertiary/aromatic N) is 3. The normalized spacial score (nSPS) is 17.7. The number of benzene rings is 2. The van der Waals surface area contributed by atoms with Gasteiger partial charge in [-0.25, -0.2) is 0 Å². The number of fused-ring (bicyclic) bond motifs is 1. The summed E-state index contributed by atoms with van der Waals surface area (Å²) in [5.41, 5.74) is -0.857. The second-order valence-electron chi connectivity index (χ2n) is 8.77. The average Bonchev–Trinajstić information content (AvgIpc) is 3.11. The Morgan fingerprint density at radius 1 is 1.16 bits per heavy atom. The zero-order valence-corrected chi connectivity index (χ0v) is 20.4. The van der Waals surface area contributed by atoms with E-state index in [1.54, 1.807) is 61.7 Å². The van der Waals surface area contributed by atoms with Crippen LogP contribution in [-0.4, -0.2) is 39.3 Å². The molecule has 0 radical (unpaired) electrons. The first-order valence-corrected chi connectivity index (χ1v) is 11.7. The third-order valence-corrected chi connectivity index (χ3v) is 6.50. The first-order chi connectivity index (χ1) is 17.7. The molecule has 1 aliphatic rings. The van der Waals surface area contributed by atoms with E-state index in [0.29, 0.717) is 23.4 Å². The van der Waals surface area contributed by atoms with Crippen molar-refractivity contribution in [3.8, 4) is 11.4 Å². The molecule has 2 atom stereocenters. The Bertz CT molecular complexity index is 1430. The summed E-state index contributed by atoms with van der Waals surface area (Å²) in [7, 11) is 1.42. The molecule has 0 unspecified atom stereocenters. The summed E-state index contributed by atoms with van der Waals surface area (Å²) in [5.74, 6) is -1.15. The number of hydrogen-bond acceptors (Lipinski definition) is 7. The molecule has 0 aliphatic carbocycles. The molecule has 37 heavy (non-hydrogen) atoms. The molecule has 192 valence electrons. The van der Waals surface area contributed by atoms with Crippen molar-refractivity contribution in [3.63, 3.8) is 0 Å². The van der Waals surface area contributed by atoms with E-state index in [-0.39, 0.29) is 35.7 Å². The second-order valence-corrected chi connectivity index (χ2v) is 8.77. The Kier molecular flexibility index (Phi) is 7.23. The van der Waals surface area contributed by atoms with Gasteiger partial charge < -0.3 is 19.8 Å². The highest BCUT2D eigenvalue weighted by Gasteiger charge is 2.53. The number of hydrogen-bond donors (Lipinski definition) is 2. The lowest BCUT2D eigenvalue weighted by molar-refractivity contribution is -0.385. The fourth-order valence-corrected chi connectivity index (χ4v) is 4.54. The molecule has 0 spiro atoms. The summed E-state index contributed by atoms with van der Waals surface area (Å²) in [6.45, 7) is 1.62. The third-order valence-electron chi connectivity index (χ3n) is 6.50. The van der Waals surface area contributed by atoms with Crippen molar-refractivity contribution in [2.45, 2.75) is 25.5 Å². The number of anilines is 1. The highest BCUT2D eigenvalue weighted by molar-refractivity contribution is 6.07. The smallest absolute Gasteiger partial charge is 0.297 e. The minimum absolute atomic E-state index is 0.0611. The predicted molar refractivity (Wildman–Crippen MR) is 137 cm³/mol. The molecule has 0 saturated carbocycles. The van der Waals surface area contributed by atoms with Crippen LogP contribution in [0.5, 0.6) is 5.75 Å². The lowest BCUT2D eigenvalue weighted by Crippen LogP contribution is -2.44. The fourth-order valence-electron chi connectivity index (χ4n) is 4.54. The molecule has 10 nitrogen and oxygen atoms in total. The molecule has 1 amide bonds. The SMILES string of the molecule is COc1cccn(-c2cccc(CN3C(=O)[C@](O)([C@H](C)/C=C/CCO)c4cc([N+](=O)[O-])ccc43)c2)c1=O. The highest BCUT2D eigenvalue weighted by Crippen LogP contribution is 2.47. The van der Waals surface area contributed by atoms with E-state index in [1.165, 1.54) is 34.8 Å². The Morgan fingerprint density at radius 3 is 2.65 bits per heavy atom. The Balaban J connectivity index is 1.75. The average molecular weight is 506 g/mol. The maximum absolute atomic E-state index is 13.7. The minimum Gasteiger partial charge on any atom is -0.491 e. The van der Waals surface area contributed by atoms with Gasteiger partial charge in [-0.15, -0.1) is 0 Å². The van der Waals surface area contributed by atoms with Gasteiger partial charge in [0.05, 0.1) is 24.3 Å². The first-order valence-electron chi connectivity index (χ1n) is 11.7. The summed E-state index contributed by atoms with van der Waals surface area (Å²) in [4.78, 5) is 38.6. The third kappa shape index (κ3) is 4.64. The van der Waals surface area contributed by atoms with Gasteiger partial charge in [0.15, 0.2) is 11.4 Å². The Morgan fingerprint density at radius 2 is 1.95 bits per heavy atom. The summed E-state index contributed by atoms with van der Waals surface area (Å²) < 4.78 is 6.55. The molecule has 0 saturated heterocycles. The molecule has 2 heterocycles. The van der Waals surface area contributed by atoms with Gasteiger partial charge in [0.2, 0.25) is 0 Å². The molecule has 2 N–H and O–H groups in total. The van der Waals surface area contributed by atoms with Crippen molar-refractivity contribution in [1.29, 1.82) is 0 Å². The maximum Gasteiger partial charge on any atom is 0.297 e. The van der Waals surface area contributed by atoms with Crippen LogP contribution >= 0.6 is 0 Å². The number of methoxy groups -OCH3 is 1. The number of nitro benzene ring substituents is 1. The van der Waals surface area contributed by atoms with Crippen molar-refractivity contribution in [3.05, 3.63) is 105 Å². The largest absolute Gasteiger partial charge is 0.491 e. The first kappa shape index (κ1) is 25.8. The van der Waals surface area contributed by atoms with Gasteiger partial charge in [-0.3, -0.25) is 24.3 Å². The van der Waals surface area contributed by atoms with Crippen LogP contribution in [0.25, 0.3) is 5.69 Å². The van der Waals surface area contributed by atoms with Crippen LogP contribution in [0.3, 0.4) is 0 Å². The number of aromatic nitrogens is 1. The molecule has 10 heteroatoms. The topological polar surface area (TPSA) is 135 Å². The number of nitro groups is 1. The van der Waals surface area contributed by atoms with Crippen molar-refractivity contribution >= 4 is 17.3 Å². The van der Waals surface area contributed by atoms with Crippen molar-refractivity contribution in [2.75, 3.05) is 18.6 Å². The van der Waals surface area contributed by atoms with E-state index in [4.69, 9.17) is 9.84 Å². The van der Waals surface area contributed by atoms with Gasteiger partial charge in [-0.1, -0.05) is 31.2 Å². The van der Waals surface area contributed by atoms with Gasteiger partial charge >= 0.3 is 0 Å². The van der Waals surface area contributed by atoms with Crippen LogP contribution in [0.15, 0.2) is 77.7 Å². The molecular weight excluding hydrogens is 478 g/mol. The van der Waals surface area contributed by atoms with Crippen LogP contribution in [0.1, 0.15) is 24.5 Å². The van der Waals surface area contributed by atoms with Crippen LogP contribution in [0, 0.1) is 16.0 Å². The molecule has 0 bridgehead atoms. The molecular formula is C27H27N3O7. The number of rotatable bonds is 9. The quantitative estimate of drug-likeness (QED) is 0.259. The summed E-state index contributed by atoms with van der Waals surface area (Å²) in [6, 6.07) is 14.3. The molecule has 1 aromatic heterocycles. The number of aliphatic hydroxyl groups excluding tert-OH is 1. The highest BCUT2D eigenvalue weighted by atomic mass is 16.6. The number of amides is 1. The lowest BCUT2D eigenvalue weighted by atomic mass is 9.82. The molecule has 0 fully saturated rings. The number of ether oxygens (including phenoxy) is 1. The number of carbonyl (C=O) groups excluding carboxylic acids is 1. The number of carbonyl (C=O) groups is 1. The standard InChI is InChI=1S/C27H27N3O7/c1-18(7-3-4-14-31)27(34)22-16-21(30(35)36)11-12-23(22)29(26(27)33)17-19-8-5-9-20(15-19)28-13-6-10-24(37-2)25(28)32/h3,5-13,15-16,18,31,34H,4,14,17H2,1-2H3/b7-3+/t18-,27+/m1/s1.